The Hall–Kier alpha value is -3.35. The Balaban J connectivity index is 2.25. The standard InChI is InChI=1S/C19H21N3O4/c1-3-21-19(25)22-17(23)16(13-9-5-4-6-10-13)26-18(24)14-11-7-8-12-15(14)20-2/h4-12,16,20H,3H2,1-2H3,(H2,21,22,23,25)/t16-/m1/s1. The minimum Gasteiger partial charge on any atom is -0.444 e. The number of hydrogen-bond donors (Lipinski definition) is 3. The molecule has 3 amide bonds. The van der Waals surface area contributed by atoms with Crippen LogP contribution in [0.2, 0.25) is 0 Å². The minimum atomic E-state index is -1.25. The van der Waals surface area contributed by atoms with Crippen LogP contribution >= 0.6 is 0 Å². The molecule has 0 unspecified atom stereocenters. The summed E-state index contributed by atoms with van der Waals surface area (Å²) in [5.41, 5.74) is 1.33. The van der Waals surface area contributed by atoms with E-state index in [9.17, 15) is 14.4 Å². The van der Waals surface area contributed by atoms with Gasteiger partial charge in [0.25, 0.3) is 5.91 Å². The minimum absolute atomic E-state index is 0.293. The Morgan fingerprint density at radius 3 is 2.31 bits per heavy atom. The molecule has 2 aromatic carbocycles. The van der Waals surface area contributed by atoms with Crippen molar-refractivity contribution < 1.29 is 19.1 Å². The van der Waals surface area contributed by atoms with Crippen molar-refractivity contribution in [1.82, 2.24) is 10.6 Å². The van der Waals surface area contributed by atoms with Gasteiger partial charge in [0, 0.05) is 24.8 Å². The zero-order valence-corrected chi connectivity index (χ0v) is 14.6. The molecule has 2 aromatic rings. The molecule has 0 spiro atoms. The Morgan fingerprint density at radius 2 is 1.65 bits per heavy atom. The van der Waals surface area contributed by atoms with Crippen molar-refractivity contribution in [3.8, 4) is 0 Å². The molecule has 0 fully saturated rings. The largest absolute Gasteiger partial charge is 0.444 e. The molecular weight excluding hydrogens is 334 g/mol. The first kappa shape index (κ1) is 19.0. The van der Waals surface area contributed by atoms with E-state index in [0.717, 1.165) is 0 Å². The van der Waals surface area contributed by atoms with E-state index in [2.05, 4.69) is 16.0 Å². The zero-order chi connectivity index (χ0) is 18.9. The second-order valence-electron chi connectivity index (χ2n) is 5.34. The number of ether oxygens (including phenoxy) is 1. The van der Waals surface area contributed by atoms with Crippen LogP contribution in [0.15, 0.2) is 54.6 Å². The molecule has 0 radical (unpaired) electrons. The van der Waals surface area contributed by atoms with Crippen LogP contribution in [0, 0.1) is 0 Å². The molecule has 136 valence electrons. The molecule has 7 nitrogen and oxygen atoms in total. The van der Waals surface area contributed by atoms with Crippen LogP contribution in [-0.4, -0.2) is 31.5 Å². The first-order valence-electron chi connectivity index (χ1n) is 8.18. The fourth-order valence-electron chi connectivity index (χ4n) is 2.33. The van der Waals surface area contributed by atoms with Gasteiger partial charge < -0.3 is 15.4 Å². The van der Waals surface area contributed by atoms with Gasteiger partial charge in [0.2, 0.25) is 6.10 Å². The number of imide groups is 1. The first-order chi connectivity index (χ1) is 12.6. The Morgan fingerprint density at radius 1 is 1.00 bits per heavy atom. The summed E-state index contributed by atoms with van der Waals surface area (Å²) in [5.74, 6) is -1.40. The number of carbonyl (C=O) groups excluding carboxylic acids is 3. The molecule has 0 aromatic heterocycles. The molecule has 0 saturated heterocycles. The molecule has 0 bridgehead atoms. The van der Waals surface area contributed by atoms with Gasteiger partial charge >= 0.3 is 12.0 Å². The van der Waals surface area contributed by atoms with Gasteiger partial charge in [0.1, 0.15) is 0 Å². The van der Waals surface area contributed by atoms with Crippen LogP contribution in [0.1, 0.15) is 28.9 Å². The lowest BCUT2D eigenvalue weighted by Crippen LogP contribution is -2.42. The molecule has 7 heteroatoms. The van der Waals surface area contributed by atoms with Gasteiger partial charge in [-0.2, -0.15) is 0 Å². The summed E-state index contributed by atoms with van der Waals surface area (Å²) < 4.78 is 5.43. The van der Waals surface area contributed by atoms with Crippen molar-refractivity contribution >= 4 is 23.6 Å². The zero-order valence-electron chi connectivity index (χ0n) is 14.6. The van der Waals surface area contributed by atoms with E-state index in [1.165, 1.54) is 0 Å². The molecule has 3 N–H and O–H groups in total. The van der Waals surface area contributed by atoms with Crippen molar-refractivity contribution in [3.63, 3.8) is 0 Å². The highest BCUT2D eigenvalue weighted by Gasteiger charge is 2.27. The maximum Gasteiger partial charge on any atom is 0.341 e. The lowest BCUT2D eigenvalue weighted by Gasteiger charge is -2.18. The Bertz CT molecular complexity index is 777. The van der Waals surface area contributed by atoms with Crippen molar-refractivity contribution in [1.29, 1.82) is 0 Å². The number of esters is 1. The molecule has 0 aliphatic heterocycles. The summed E-state index contributed by atoms with van der Waals surface area (Å²) in [5, 5.41) is 7.55. The molecular formula is C19H21N3O4. The van der Waals surface area contributed by atoms with Gasteiger partial charge in [-0.3, -0.25) is 10.1 Å². The summed E-state index contributed by atoms with van der Waals surface area (Å²) in [7, 11) is 1.68. The van der Waals surface area contributed by atoms with E-state index in [-0.39, 0.29) is 0 Å². The summed E-state index contributed by atoms with van der Waals surface area (Å²) >= 11 is 0. The second kappa shape index (κ2) is 9.22. The monoisotopic (exact) mass is 355 g/mol. The van der Waals surface area contributed by atoms with E-state index < -0.39 is 24.0 Å². The number of nitrogens with one attached hydrogen (secondary N) is 3. The van der Waals surface area contributed by atoms with Gasteiger partial charge in [0.05, 0.1) is 5.56 Å². The smallest absolute Gasteiger partial charge is 0.341 e. The van der Waals surface area contributed by atoms with Crippen LogP contribution in [0.5, 0.6) is 0 Å². The molecule has 2 rings (SSSR count). The van der Waals surface area contributed by atoms with Gasteiger partial charge in [0.15, 0.2) is 0 Å². The predicted molar refractivity (Wildman–Crippen MR) is 97.8 cm³/mol. The van der Waals surface area contributed by atoms with E-state index in [4.69, 9.17) is 4.74 Å². The van der Waals surface area contributed by atoms with E-state index >= 15 is 0 Å². The third-order valence-electron chi connectivity index (χ3n) is 3.56. The highest BCUT2D eigenvalue weighted by atomic mass is 16.5. The van der Waals surface area contributed by atoms with Crippen molar-refractivity contribution in [2.24, 2.45) is 0 Å². The predicted octanol–water partition coefficient (Wildman–Crippen LogP) is 2.47. The molecule has 26 heavy (non-hydrogen) atoms. The Kier molecular flexibility index (Phi) is 6.73. The summed E-state index contributed by atoms with van der Waals surface area (Å²) in [6.07, 6.45) is -1.25. The van der Waals surface area contributed by atoms with Gasteiger partial charge in [-0.25, -0.2) is 9.59 Å². The van der Waals surface area contributed by atoms with Crippen molar-refractivity contribution in [3.05, 3.63) is 65.7 Å². The SMILES string of the molecule is CCNC(=O)NC(=O)[C@H](OC(=O)c1ccccc1NC)c1ccccc1. The van der Waals surface area contributed by atoms with Crippen molar-refractivity contribution in [2.75, 3.05) is 18.9 Å². The fraction of sp³-hybridized carbons (Fsp3) is 0.211. The van der Waals surface area contributed by atoms with E-state index in [1.807, 2.05) is 0 Å². The third-order valence-corrected chi connectivity index (χ3v) is 3.56. The number of para-hydroxylation sites is 1. The normalized spacial score (nSPS) is 11.2. The quantitative estimate of drug-likeness (QED) is 0.692. The second-order valence-corrected chi connectivity index (χ2v) is 5.34. The molecule has 1 atom stereocenters. The number of urea groups is 1. The highest BCUT2D eigenvalue weighted by molar-refractivity contribution is 6.00. The molecule has 0 aliphatic rings. The maximum absolute atomic E-state index is 12.6. The highest BCUT2D eigenvalue weighted by Crippen LogP contribution is 2.22. The van der Waals surface area contributed by atoms with Crippen LogP contribution in [0.3, 0.4) is 0 Å². The summed E-state index contributed by atoms with van der Waals surface area (Å²) in [4.78, 5) is 36.7. The number of amides is 3. The summed E-state index contributed by atoms with van der Waals surface area (Å²) in [6.45, 7) is 2.10. The number of carbonyl (C=O) groups is 3. The third kappa shape index (κ3) is 4.83. The average molecular weight is 355 g/mol. The number of anilines is 1. The number of hydrogen-bond acceptors (Lipinski definition) is 5. The van der Waals surface area contributed by atoms with E-state index in [0.29, 0.717) is 23.4 Å². The van der Waals surface area contributed by atoms with Gasteiger partial charge in [-0.15, -0.1) is 0 Å². The van der Waals surface area contributed by atoms with Crippen LogP contribution in [-0.2, 0) is 9.53 Å². The fourth-order valence-corrected chi connectivity index (χ4v) is 2.33. The van der Waals surface area contributed by atoms with Crippen molar-refractivity contribution in [2.45, 2.75) is 13.0 Å². The first-order valence-corrected chi connectivity index (χ1v) is 8.18. The van der Waals surface area contributed by atoms with Gasteiger partial charge in [-0.1, -0.05) is 42.5 Å². The average Bonchev–Trinajstić information content (AvgIpc) is 2.66. The van der Waals surface area contributed by atoms with Crippen LogP contribution in [0.25, 0.3) is 0 Å². The molecule has 0 heterocycles. The number of rotatable bonds is 6. The molecule has 0 saturated carbocycles. The topological polar surface area (TPSA) is 96.5 Å². The summed E-state index contributed by atoms with van der Waals surface area (Å²) in [6, 6.07) is 14.7. The van der Waals surface area contributed by atoms with Crippen LogP contribution in [0.4, 0.5) is 10.5 Å². The molecule has 0 aliphatic carbocycles. The maximum atomic E-state index is 12.6. The Labute approximate surface area is 151 Å². The number of benzene rings is 2. The van der Waals surface area contributed by atoms with Crippen LogP contribution < -0.4 is 16.0 Å². The van der Waals surface area contributed by atoms with Gasteiger partial charge in [-0.05, 0) is 19.1 Å². The lowest BCUT2D eigenvalue weighted by molar-refractivity contribution is -0.129. The van der Waals surface area contributed by atoms with E-state index in [1.54, 1.807) is 68.6 Å². The lowest BCUT2D eigenvalue weighted by atomic mass is 10.1.